The number of halogens is 1. The van der Waals surface area contributed by atoms with Gasteiger partial charge in [-0.15, -0.1) is 0 Å². The van der Waals surface area contributed by atoms with Crippen molar-refractivity contribution in [1.82, 2.24) is 0 Å². The first-order valence-electron chi connectivity index (χ1n) is 8.67. The van der Waals surface area contributed by atoms with Gasteiger partial charge in [-0.3, -0.25) is 9.10 Å². The molecule has 0 aliphatic rings. The quantitative estimate of drug-likeness (QED) is 0.758. The van der Waals surface area contributed by atoms with Crippen LogP contribution >= 0.6 is 11.6 Å². The van der Waals surface area contributed by atoms with E-state index in [1.54, 1.807) is 12.1 Å². The largest absolute Gasteiger partial charge is 0.495 e. The zero-order valence-electron chi connectivity index (χ0n) is 16.8. The molecule has 0 fully saturated rings. The van der Waals surface area contributed by atoms with E-state index < -0.39 is 22.0 Å². The summed E-state index contributed by atoms with van der Waals surface area (Å²) in [6, 6.07) is 7.52. The Morgan fingerprint density at radius 2 is 1.71 bits per heavy atom. The Balaban J connectivity index is 2.46. The van der Waals surface area contributed by atoms with E-state index in [9.17, 15) is 13.2 Å². The fraction of sp³-hybridized carbons (Fsp3) is 0.350. The summed E-state index contributed by atoms with van der Waals surface area (Å²) in [5, 5.41) is 3.20. The fourth-order valence-corrected chi connectivity index (χ4v) is 4.56. The van der Waals surface area contributed by atoms with Gasteiger partial charge in [-0.1, -0.05) is 29.3 Å². The summed E-state index contributed by atoms with van der Waals surface area (Å²) < 4.78 is 31.4. The molecular weight excluding hydrogens is 400 g/mol. The number of aryl methyl sites for hydroxylation is 3. The summed E-state index contributed by atoms with van der Waals surface area (Å²) in [5.41, 5.74) is 3.78. The number of anilines is 2. The molecule has 0 aromatic heterocycles. The number of hydrogen-bond donors (Lipinski definition) is 1. The maximum absolute atomic E-state index is 13.0. The molecule has 0 aliphatic heterocycles. The molecule has 0 spiro atoms. The smallest absolute Gasteiger partial charge is 0.248 e. The van der Waals surface area contributed by atoms with Crippen LogP contribution in [-0.2, 0) is 14.8 Å². The molecule has 0 radical (unpaired) electrons. The first-order chi connectivity index (χ1) is 13.0. The predicted octanol–water partition coefficient (Wildman–Crippen LogP) is 4.07. The lowest BCUT2D eigenvalue weighted by Gasteiger charge is -2.30. The van der Waals surface area contributed by atoms with Gasteiger partial charge in [0.05, 0.1) is 19.1 Å². The number of ether oxygens (including phenoxy) is 1. The minimum Gasteiger partial charge on any atom is -0.495 e. The predicted molar refractivity (Wildman–Crippen MR) is 114 cm³/mol. The highest BCUT2D eigenvalue weighted by atomic mass is 35.5. The SMILES string of the molecule is COc1ccc(Cl)cc1N([C@H](C)C(=O)Nc1c(C)cc(C)cc1C)S(C)(=O)=O. The van der Waals surface area contributed by atoms with Crippen molar-refractivity contribution >= 4 is 38.9 Å². The lowest BCUT2D eigenvalue weighted by Crippen LogP contribution is -2.45. The normalized spacial score (nSPS) is 12.4. The summed E-state index contributed by atoms with van der Waals surface area (Å²) in [6.07, 6.45) is 1.04. The highest BCUT2D eigenvalue weighted by molar-refractivity contribution is 7.92. The number of carbonyl (C=O) groups is 1. The van der Waals surface area contributed by atoms with Crippen molar-refractivity contribution in [1.29, 1.82) is 0 Å². The summed E-state index contributed by atoms with van der Waals surface area (Å²) in [5.74, 6) is -0.153. The van der Waals surface area contributed by atoms with Gasteiger partial charge in [0.25, 0.3) is 0 Å². The number of nitrogens with one attached hydrogen (secondary N) is 1. The van der Waals surface area contributed by atoms with Gasteiger partial charge in [-0.2, -0.15) is 0 Å². The molecule has 2 aromatic rings. The second-order valence-electron chi connectivity index (χ2n) is 6.81. The Hall–Kier alpha value is -2.25. The number of rotatable bonds is 6. The monoisotopic (exact) mass is 424 g/mol. The molecule has 28 heavy (non-hydrogen) atoms. The van der Waals surface area contributed by atoms with E-state index in [1.807, 2.05) is 32.9 Å². The first kappa shape index (κ1) is 22.0. The van der Waals surface area contributed by atoms with Gasteiger partial charge in [0.2, 0.25) is 15.9 Å². The molecule has 0 bridgehead atoms. The number of carbonyl (C=O) groups excluding carboxylic acids is 1. The average Bonchev–Trinajstić information content (AvgIpc) is 2.57. The molecule has 0 heterocycles. The summed E-state index contributed by atoms with van der Waals surface area (Å²) in [6.45, 7) is 7.30. The van der Waals surface area contributed by atoms with E-state index in [4.69, 9.17) is 16.3 Å². The third-order valence-corrected chi connectivity index (χ3v) is 5.85. The van der Waals surface area contributed by atoms with Crippen molar-refractivity contribution in [3.05, 3.63) is 52.0 Å². The van der Waals surface area contributed by atoms with Gasteiger partial charge in [0, 0.05) is 10.7 Å². The van der Waals surface area contributed by atoms with Crippen molar-refractivity contribution in [2.24, 2.45) is 0 Å². The number of amides is 1. The van der Waals surface area contributed by atoms with Crippen LogP contribution in [0.5, 0.6) is 5.75 Å². The fourth-order valence-electron chi connectivity index (χ4n) is 3.22. The van der Waals surface area contributed by atoms with Crippen LogP contribution in [0.2, 0.25) is 5.02 Å². The van der Waals surface area contributed by atoms with E-state index >= 15 is 0 Å². The van der Waals surface area contributed by atoms with E-state index in [-0.39, 0.29) is 5.69 Å². The Kier molecular flexibility index (Phi) is 6.62. The molecule has 152 valence electrons. The van der Waals surface area contributed by atoms with Crippen LogP contribution in [-0.4, -0.2) is 33.7 Å². The lowest BCUT2D eigenvalue weighted by molar-refractivity contribution is -0.116. The van der Waals surface area contributed by atoms with Crippen molar-refractivity contribution < 1.29 is 17.9 Å². The van der Waals surface area contributed by atoms with Gasteiger partial charge in [0.1, 0.15) is 11.8 Å². The van der Waals surface area contributed by atoms with Gasteiger partial charge in [-0.05, 0) is 57.0 Å². The molecule has 0 aliphatic carbocycles. The Labute approximate surface area is 171 Å². The van der Waals surface area contributed by atoms with Crippen LogP contribution < -0.4 is 14.4 Å². The van der Waals surface area contributed by atoms with E-state index in [0.717, 1.165) is 27.3 Å². The zero-order chi connectivity index (χ0) is 21.2. The topological polar surface area (TPSA) is 75.7 Å². The van der Waals surface area contributed by atoms with Crippen LogP contribution in [0.1, 0.15) is 23.6 Å². The van der Waals surface area contributed by atoms with Gasteiger partial charge >= 0.3 is 0 Å². The van der Waals surface area contributed by atoms with Crippen LogP contribution in [0, 0.1) is 20.8 Å². The number of hydrogen-bond acceptors (Lipinski definition) is 4. The second kappa shape index (κ2) is 8.41. The van der Waals surface area contributed by atoms with Gasteiger partial charge in [-0.25, -0.2) is 8.42 Å². The highest BCUT2D eigenvalue weighted by Gasteiger charge is 2.32. The maximum atomic E-state index is 13.0. The molecule has 1 atom stereocenters. The van der Waals surface area contributed by atoms with E-state index in [1.165, 1.54) is 20.1 Å². The average molecular weight is 425 g/mol. The Morgan fingerprint density at radius 3 is 2.21 bits per heavy atom. The summed E-state index contributed by atoms with van der Waals surface area (Å²) >= 11 is 6.06. The van der Waals surface area contributed by atoms with Crippen LogP contribution in [0.4, 0.5) is 11.4 Å². The van der Waals surface area contributed by atoms with E-state index in [2.05, 4.69) is 5.32 Å². The molecular formula is C20H25ClN2O4S. The molecule has 8 heteroatoms. The number of benzene rings is 2. The lowest BCUT2D eigenvalue weighted by atomic mass is 10.0. The number of sulfonamides is 1. The molecule has 0 saturated carbocycles. The molecule has 0 unspecified atom stereocenters. The standard InChI is InChI=1S/C20H25ClN2O4S/c1-12-9-13(2)19(14(3)10-12)22-20(24)15(4)23(28(6,25)26)17-11-16(21)7-8-18(17)27-5/h7-11,15H,1-6H3,(H,22,24)/t15-/m1/s1. The van der Waals surface area contributed by atoms with Gasteiger partial charge < -0.3 is 10.1 Å². The highest BCUT2D eigenvalue weighted by Crippen LogP contribution is 2.34. The number of methoxy groups -OCH3 is 1. The first-order valence-corrected chi connectivity index (χ1v) is 10.9. The minimum atomic E-state index is -3.80. The molecule has 2 rings (SSSR count). The molecule has 6 nitrogen and oxygen atoms in total. The molecule has 1 N–H and O–H groups in total. The third kappa shape index (κ3) is 4.77. The zero-order valence-corrected chi connectivity index (χ0v) is 18.4. The van der Waals surface area contributed by atoms with Crippen molar-refractivity contribution in [2.45, 2.75) is 33.7 Å². The van der Waals surface area contributed by atoms with E-state index in [0.29, 0.717) is 16.5 Å². The molecule has 0 saturated heterocycles. The van der Waals surface area contributed by atoms with Crippen LogP contribution in [0.25, 0.3) is 0 Å². The third-order valence-electron chi connectivity index (χ3n) is 4.39. The summed E-state index contributed by atoms with van der Waals surface area (Å²) in [4.78, 5) is 13.0. The Bertz CT molecular complexity index is 982. The molecule has 2 aromatic carbocycles. The van der Waals surface area contributed by atoms with Crippen molar-refractivity contribution in [3.63, 3.8) is 0 Å². The minimum absolute atomic E-state index is 0.206. The van der Waals surface area contributed by atoms with Crippen LogP contribution in [0.3, 0.4) is 0 Å². The van der Waals surface area contributed by atoms with Crippen molar-refractivity contribution in [2.75, 3.05) is 23.0 Å². The second-order valence-corrected chi connectivity index (χ2v) is 9.11. The Morgan fingerprint density at radius 1 is 1.14 bits per heavy atom. The molecule has 1 amide bonds. The summed E-state index contributed by atoms with van der Waals surface area (Å²) in [7, 11) is -2.37. The van der Waals surface area contributed by atoms with Crippen molar-refractivity contribution in [3.8, 4) is 5.75 Å². The number of nitrogens with zero attached hydrogens (tertiary/aromatic N) is 1. The van der Waals surface area contributed by atoms with Gasteiger partial charge in [0.15, 0.2) is 0 Å². The maximum Gasteiger partial charge on any atom is 0.248 e. The van der Waals surface area contributed by atoms with Crippen LogP contribution in [0.15, 0.2) is 30.3 Å².